The molecule has 0 amide bonds. The molecule has 1 aromatic heterocycles. The van der Waals surface area contributed by atoms with E-state index in [0.29, 0.717) is 17.5 Å². The molecule has 12 rings (SSSR count). The van der Waals surface area contributed by atoms with Gasteiger partial charge in [0.1, 0.15) is 11.5 Å². The van der Waals surface area contributed by atoms with E-state index in [1.807, 2.05) is 36.4 Å². The van der Waals surface area contributed by atoms with Gasteiger partial charge in [-0.25, -0.2) is 15.0 Å². The topological polar surface area (TPSA) is 47.9 Å². The zero-order chi connectivity index (χ0) is 41.0. The maximum atomic E-state index is 6.84. The minimum atomic E-state index is -0.542. The third-order valence-electron chi connectivity index (χ3n) is 12.4. The molecule has 62 heavy (non-hydrogen) atoms. The lowest BCUT2D eigenvalue weighted by Gasteiger charge is -2.39. The third kappa shape index (κ3) is 5.80. The number of hydrogen-bond acceptors (Lipinski definition) is 4. The SMILES string of the molecule is c1ccc(-c2cc(-c3ccccc3)cc(-c3ccc(-c4nc(-c5ccccc5)nc(-c5ccc6c(c5)Oc5ccccc5C65c6ccccc6-c6ccccc65)n4)cc3)c2)cc1. The van der Waals surface area contributed by atoms with Crippen molar-refractivity contribution >= 4 is 0 Å². The normalized spacial score (nSPS) is 12.8. The van der Waals surface area contributed by atoms with Crippen molar-refractivity contribution in [2.75, 3.05) is 0 Å². The quantitative estimate of drug-likeness (QED) is 0.168. The van der Waals surface area contributed by atoms with Gasteiger partial charge in [-0.15, -0.1) is 0 Å². The van der Waals surface area contributed by atoms with Crippen LogP contribution in [0.1, 0.15) is 22.3 Å². The number of rotatable bonds is 6. The molecule has 2 heterocycles. The molecule has 0 bridgehead atoms. The first kappa shape index (κ1) is 35.7. The van der Waals surface area contributed by atoms with Crippen molar-refractivity contribution in [1.29, 1.82) is 0 Å². The van der Waals surface area contributed by atoms with Crippen molar-refractivity contribution in [2.24, 2.45) is 0 Å². The summed E-state index contributed by atoms with van der Waals surface area (Å²) in [5.74, 6) is 3.41. The monoisotopic (exact) mass is 791 g/mol. The number of nitrogens with zero attached hydrogens (tertiary/aromatic N) is 3. The van der Waals surface area contributed by atoms with Gasteiger partial charge in [-0.3, -0.25) is 0 Å². The van der Waals surface area contributed by atoms with Crippen LogP contribution in [-0.2, 0) is 5.41 Å². The Morgan fingerprint density at radius 2 is 0.629 bits per heavy atom. The molecule has 1 aliphatic heterocycles. The second-order valence-electron chi connectivity index (χ2n) is 15.9. The fourth-order valence-electron chi connectivity index (χ4n) is 9.55. The fourth-order valence-corrected chi connectivity index (χ4v) is 9.55. The lowest BCUT2D eigenvalue weighted by Crippen LogP contribution is -2.32. The molecular formula is C58H37N3O. The zero-order valence-corrected chi connectivity index (χ0v) is 33.6. The maximum absolute atomic E-state index is 6.84. The Morgan fingerprint density at radius 1 is 0.258 bits per heavy atom. The number of benzene rings is 9. The summed E-state index contributed by atoms with van der Waals surface area (Å²) in [4.78, 5) is 15.4. The molecule has 0 saturated heterocycles. The Morgan fingerprint density at radius 3 is 1.18 bits per heavy atom. The minimum Gasteiger partial charge on any atom is -0.457 e. The van der Waals surface area contributed by atoms with Gasteiger partial charge in [-0.2, -0.15) is 0 Å². The van der Waals surface area contributed by atoms with E-state index < -0.39 is 5.41 Å². The van der Waals surface area contributed by atoms with Crippen molar-refractivity contribution in [3.8, 4) is 90.2 Å². The average molecular weight is 792 g/mol. The van der Waals surface area contributed by atoms with Gasteiger partial charge >= 0.3 is 0 Å². The highest BCUT2D eigenvalue weighted by Crippen LogP contribution is 2.62. The van der Waals surface area contributed by atoms with Gasteiger partial charge in [0, 0.05) is 27.8 Å². The molecule has 9 aromatic carbocycles. The molecule has 0 atom stereocenters. The van der Waals surface area contributed by atoms with E-state index in [1.165, 1.54) is 44.5 Å². The predicted molar refractivity (Wildman–Crippen MR) is 250 cm³/mol. The Labute approximate surface area is 360 Å². The molecule has 0 unspecified atom stereocenters. The molecule has 0 N–H and O–H groups in total. The summed E-state index contributed by atoms with van der Waals surface area (Å²) < 4.78 is 6.84. The average Bonchev–Trinajstić information content (AvgIpc) is 3.65. The van der Waals surface area contributed by atoms with Crippen molar-refractivity contribution in [2.45, 2.75) is 5.41 Å². The van der Waals surface area contributed by atoms with Crippen LogP contribution in [0.5, 0.6) is 11.5 Å². The van der Waals surface area contributed by atoms with Crippen LogP contribution in [0.2, 0.25) is 0 Å². The Bertz CT molecular complexity index is 3210. The molecule has 2 aliphatic rings. The fraction of sp³-hybridized carbons (Fsp3) is 0.0172. The summed E-state index contributed by atoms with van der Waals surface area (Å²) in [6, 6.07) is 79.1. The summed E-state index contributed by atoms with van der Waals surface area (Å²) in [5, 5.41) is 0. The summed E-state index contributed by atoms with van der Waals surface area (Å²) >= 11 is 0. The van der Waals surface area contributed by atoms with Gasteiger partial charge in [-0.05, 0) is 86.0 Å². The summed E-state index contributed by atoms with van der Waals surface area (Å²) in [7, 11) is 0. The number of hydrogen-bond donors (Lipinski definition) is 0. The standard InChI is InChI=1S/C58H37N3O/c1-4-16-38(17-5-1)44-34-45(39-18-6-2-7-19-39)36-46(35-44)40-28-30-42(31-29-40)56-59-55(41-20-8-3-9-21-41)60-57(61-56)43-32-33-52-54(37-43)62-53-27-15-14-26-51(53)58(52)49-24-12-10-22-47(49)48-23-11-13-25-50(48)58/h1-37H. The molecule has 0 fully saturated rings. The molecule has 10 aromatic rings. The van der Waals surface area contributed by atoms with Crippen LogP contribution in [0.15, 0.2) is 224 Å². The predicted octanol–water partition coefficient (Wildman–Crippen LogP) is 14.3. The minimum absolute atomic E-state index is 0.542. The van der Waals surface area contributed by atoms with E-state index in [2.05, 4.69) is 188 Å². The highest BCUT2D eigenvalue weighted by Gasteiger charge is 2.50. The number of ether oxygens (including phenoxy) is 1. The van der Waals surface area contributed by atoms with E-state index in [9.17, 15) is 0 Å². The van der Waals surface area contributed by atoms with Crippen molar-refractivity contribution in [1.82, 2.24) is 15.0 Å². The first-order valence-corrected chi connectivity index (χ1v) is 21.0. The third-order valence-corrected chi connectivity index (χ3v) is 12.4. The van der Waals surface area contributed by atoms with Crippen LogP contribution in [0.3, 0.4) is 0 Å². The summed E-state index contributed by atoms with van der Waals surface area (Å²) in [6.07, 6.45) is 0. The Balaban J connectivity index is 0.978. The van der Waals surface area contributed by atoms with E-state index in [-0.39, 0.29) is 0 Å². The van der Waals surface area contributed by atoms with E-state index >= 15 is 0 Å². The van der Waals surface area contributed by atoms with Gasteiger partial charge in [0.2, 0.25) is 0 Å². The summed E-state index contributed by atoms with van der Waals surface area (Å²) in [5.41, 5.74) is 16.3. The zero-order valence-electron chi connectivity index (χ0n) is 33.6. The van der Waals surface area contributed by atoms with Crippen LogP contribution in [-0.4, -0.2) is 15.0 Å². The molecule has 1 spiro atoms. The highest BCUT2D eigenvalue weighted by atomic mass is 16.5. The molecule has 4 heteroatoms. The van der Waals surface area contributed by atoms with Crippen LogP contribution < -0.4 is 4.74 Å². The lowest BCUT2D eigenvalue weighted by atomic mass is 9.66. The first-order chi connectivity index (χ1) is 30.7. The van der Waals surface area contributed by atoms with Crippen LogP contribution in [0.25, 0.3) is 78.7 Å². The van der Waals surface area contributed by atoms with Gasteiger partial charge in [0.05, 0.1) is 5.41 Å². The van der Waals surface area contributed by atoms with Crippen molar-refractivity contribution < 1.29 is 4.74 Å². The van der Waals surface area contributed by atoms with Crippen molar-refractivity contribution in [3.63, 3.8) is 0 Å². The molecule has 290 valence electrons. The van der Waals surface area contributed by atoms with Gasteiger partial charge in [0.15, 0.2) is 17.5 Å². The smallest absolute Gasteiger partial charge is 0.164 e. The van der Waals surface area contributed by atoms with Crippen LogP contribution in [0, 0.1) is 0 Å². The number of para-hydroxylation sites is 1. The van der Waals surface area contributed by atoms with Gasteiger partial charge < -0.3 is 4.74 Å². The Hall–Kier alpha value is -8.21. The van der Waals surface area contributed by atoms with E-state index in [1.54, 1.807) is 0 Å². The maximum Gasteiger partial charge on any atom is 0.164 e. The second-order valence-corrected chi connectivity index (χ2v) is 15.9. The van der Waals surface area contributed by atoms with Crippen molar-refractivity contribution in [3.05, 3.63) is 247 Å². The van der Waals surface area contributed by atoms with Crippen LogP contribution in [0.4, 0.5) is 0 Å². The van der Waals surface area contributed by atoms with Gasteiger partial charge in [0.25, 0.3) is 0 Å². The molecule has 4 nitrogen and oxygen atoms in total. The van der Waals surface area contributed by atoms with Gasteiger partial charge in [-0.1, -0.05) is 194 Å². The first-order valence-electron chi connectivity index (χ1n) is 21.0. The molecule has 1 aliphatic carbocycles. The van der Waals surface area contributed by atoms with E-state index in [4.69, 9.17) is 19.7 Å². The van der Waals surface area contributed by atoms with E-state index in [0.717, 1.165) is 50.4 Å². The molecule has 0 saturated carbocycles. The lowest BCUT2D eigenvalue weighted by molar-refractivity contribution is 0.436. The molecular weight excluding hydrogens is 755 g/mol. The number of fused-ring (bicyclic) bond motifs is 9. The Kier molecular flexibility index (Phi) is 8.36. The summed E-state index contributed by atoms with van der Waals surface area (Å²) in [6.45, 7) is 0. The largest absolute Gasteiger partial charge is 0.457 e. The second kappa shape index (κ2) is 14.5. The highest BCUT2D eigenvalue weighted by molar-refractivity contribution is 5.89. The number of aromatic nitrogens is 3. The van der Waals surface area contributed by atoms with Crippen LogP contribution >= 0.6 is 0 Å². The molecule has 0 radical (unpaired) electrons.